The van der Waals surface area contributed by atoms with Crippen LogP contribution < -0.4 is 10.2 Å². The average Bonchev–Trinajstić information content (AvgIpc) is 3.00. The molecule has 0 radical (unpaired) electrons. The number of nitrogens with zero attached hydrogens (tertiary/aromatic N) is 6. The molecule has 1 saturated heterocycles. The van der Waals surface area contributed by atoms with Gasteiger partial charge in [0.1, 0.15) is 11.6 Å². The topological polar surface area (TPSA) is 82.7 Å². The van der Waals surface area contributed by atoms with Crippen molar-refractivity contribution in [3.05, 3.63) is 24.2 Å². The molecular formula is C17H23N7. The molecule has 1 N–H and O–H groups in total. The number of aryl methyl sites for hydroxylation is 1. The first-order valence-electron chi connectivity index (χ1n) is 8.31. The van der Waals surface area contributed by atoms with Crippen LogP contribution in [0.25, 0.3) is 11.4 Å². The van der Waals surface area contributed by atoms with E-state index in [4.69, 9.17) is 0 Å². The maximum Gasteiger partial charge on any atom is 0.164 e. The average molecular weight is 325 g/mol. The minimum atomic E-state index is 0.419. The van der Waals surface area contributed by atoms with Gasteiger partial charge in [0.25, 0.3) is 0 Å². The second kappa shape index (κ2) is 6.97. The first-order valence-corrected chi connectivity index (χ1v) is 8.31. The minimum absolute atomic E-state index is 0.419. The molecule has 0 aromatic carbocycles. The summed E-state index contributed by atoms with van der Waals surface area (Å²) in [5.41, 5.74) is 1.38. The molecule has 7 nitrogen and oxygen atoms in total. The number of nitriles is 1. The number of hydrogen-bond donors (Lipinski definition) is 1. The summed E-state index contributed by atoms with van der Waals surface area (Å²) in [7, 11) is 1.86. The van der Waals surface area contributed by atoms with Crippen molar-refractivity contribution in [2.45, 2.75) is 26.3 Å². The van der Waals surface area contributed by atoms with Crippen LogP contribution in [-0.4, -0.2) is 45.4 Å². The molecule has 1 unspecified atom stereocenters. The van der Waals surface area contributed by atoms with Gasteiger partial charge >= 0.3 is 0 Å². The smallest absolute Gasteiger partial charge is 0.164 e. The normalized spacial score (nSPS) is 18.0. The van der Waals surface area contributed by atoms with Gasteiger partial charge in [0.15, 0.2) is 11.6 Å². The molecule has 1 fully saturated rings. The lowest BCUT2D eigenvalue weighted by Gasteiger charge is -2.35. The Balaban J connectivity index is 1.89. The van der Waals surface area contributed by atoms with E-state index >= 15 is 0 Å². The first-order chi connectivity index (χ1) is 11.6. The molecular weight excluding hydrogens is 302 g/mol. The quantitative estimate of drug-likeness (QED) is 0.919. The fraction of sp³-hybridized carbons (Fsp3) is 0.529. The molecule has 2 aromatic heterocycles. The van der Waals surface area contributed by atoms with E-state index in [1.807, 2.05) is 13.2 Å². The van der Waals surface area contributed by atoms with Gasteiger partial charge < -0.3 is 10.2 Å². The van der Waals surface area contributed by atoms with Crippen molar-refractivity contribution in [1.82, 2.24) is 25.1 Å². The second-order valence-electron chi connectivity index (χ2n) is 6.67. The monoisotopic (exact) mass is 325 g/mol. The molecule has 3 heterocycles. The maximum absolute atomic E-state index is 9.44. The van der Waals surface area contributed by atoms with Crippen LogP contribution in [0.1, 0.15) is 25.8 Å². The van der Waals surface area contributed by atoms with Crippen LogP contribution in [0.15, 0.2) is 18.6 Å². The van der Waals surface area contributed by atoms with Crippen molar-refractivity contribution >= 4 is 5.82 Å². The Labute approximate surface area is 142 Å². The molecule has 126 valence electrons. The number of aromatic nitrogens is 4. The Bertz CT molecular complexity index is 744. The van der Waals surface area contributed by atoms with Crippen LogP contribution >= 0.6 is 0 Å². The first kappa shape index (κ1) is 16.4. The minimum Gasteiger partial charge on any atom is -0.353 e. The Hall–Kier alpha value is -2.46. The molecule has 1 aliphatic heterocycles. The van der Waals surface area contributed by atoms with E-state index in [0.717, 1.165) is 37.4 Å². The van der Waals surface area contributed by atoms with Gasteiger partial charge in [-0.3, -0.25) is 4.68 Å². The molecule has 0 spiro atoms. The van der Waals surface area contributed by atoms with Crippen molar-refractivity contribution in [3.8, 4) is 17.5 Å². The van der Waals surface area contributed by atoms with Gasteiger partial charge in [0.05, 0.1) is 18.0 Å². The third-order valence-electron chi connectivity index (χ3n) is 4.16. The summed E-state index contributed by atoms with van der Waals surface area (Å²) in [5, 5.41) is 17.2. The highest BCUT2D eigenvalue weighted by Gasteiger charge is 2.24. The summed E-state index contributed by atoms with van der Waals surface area (Å²) in [6.07, 6.45) is 6.35. The molecule has 0 bridgehead atoms. The van der Waals surface area contributed by atoms with Gasteiger partial charge in [-0.15, -0.1) is 0 Å². The van der Waals surface area contributed by atoms with Crippen molar-refractivity contribution in [1.29, 1.82) is 5.26 Å². The molecule has 0 amide bonds. The van der Waals surface area contributed by atoms with E-state index in [2.05, 4.69) is 45.2 Å². The van der Waals surface area contributed by atoms with Crippen LogP contribution in [0.2, 0.25) is 0 Å². The van der Waals surface area contributed by atoms with Crippen LogP contribution in [-0.2, 0) is 7.05 Å². The third kappa shape index (κ3) is 3.54. The van der Waals surface area contributed by atoms with Gasteiger partial charge in [-0.25, -0.2) is 9.97 Å². The standard InChI is InChI=1S/C17H23N7/c1-12(2)6-15-11-24(5-4-19-15)17-13(7-18)8-20-16(22-17)14-9-21-23(3)10-14/h8-10,12,15,19H,4-6,11H2,1-3H3. The van der Waals surface area contributed by atoms with Crippen molar-refractivity contribution < 1.29 is 0 Å². The largest absolute Gasteiger partial charge is 0.353 e. The van der Waals surface area contributed by atoms with E-state index in [0.29, 0.717) is 23.3 Å². The zero-order chi connectivity index (χ0) is 17.1. The highest BCUT2D eigenvalue weighted by atomic mass is 15.3. The zero-order valence-corrected chi connectivity index (χ0v) is 14.4. The van der Waals surface area contributed by atoms with E-state index in [1.54, 1.807) is 17.1 Å². The number of nitrogens with one attached hydrogen (secondary N) is 1. The maximum atomic E-state index is 9.44. The Morgan fingerprint density at radius 1 is 1.42 bits per heavy atom. The fourth-order valence-electron chi connectivity index (χ4n) is 3.11. The van der Waals surface area contributed by atoms with E-state index in [1.165, 1.54) is 0 Å². The number of hydrogen-bond acceptors (Lipinski definition) is 6. The van der Waals surface area contributed by atoms with Crippen molar-refractivity contribution in [2.24, 2.45) is 13.0 Å². The summed E-state index contributed by atoms with van der Waals surface area (Å²) in [6, 6.07) is 2.64. The summed E-state index contributed by atoms with van der Waals surface area (Å²) in [5.74, 6) is 1.96. The van der Waals surface area contributed by atoms with Gasteiger partial charge in [-0.05, 0) is 12.3 Å². The number of anilines is 1. The number of piperazine rings is 1. The molecule has 24 heavy (non-hydrogen) atoms. The summed E-state index contributed by atoms with van der Waals surface area (Å²) >= 11 is 0. The summed E-state index contributed by atoms with van der Waals surface area (Å²) < 4.78 is 1.72. The lowest BCUT2D eigenvalue weighted by molar-refractivity contribution is 0.387. The van der Waals surface area contributed by atoms with Gasteiger partial charge in [0.2, 0.25) is 0 Å². The second-order valence-corrected chi connectivity index (χ2v) is 6.67. The van der Waals surface area contributed by atoms with E-state index in [-0.39, 0.29) is 0 Å². The highest BCUT2D eigenvalue weighted by molar-refractivity contribution is 5.60. The van der Waals surface area contributed by atoms with Gasteiger partial charge in [0, 0.05) is 38.9 Å². The predicted octanol–water partition coefficient (Wildman–Crippen LogP) is 1.57. The lowest BCUT2D eigenvalue weighted by Crippen LogP contribution is -2.51. The number of rotatable bonds is 4. The van der Waals surface area contributed by atoms with Crippen molar-refractivity contribution in [3.63, 3.8) is 0 Å². The van der Waals surface area contributed by atoms with E-state index in [9.17, 15) is 5.26 Å². The molecule has 3 rings (SSSR count). The SMILES string of the molecule is CC(C)CC1CN(c2nc(-c3cnn(C)c3)ncc2C#N)CCN1. The van der Waals surface area contributed by atoms with Crippen LogP contribution in [0.4, 0.5) is 5.82 Å². The van der Waals surface area contributed by atoms with Crippen LogP contribution in [0.3, 0.4) is 0 Å². The Morgan fingerprint density at radius 2 is 2.25 bits per heavy atom. The lowest BCUT2D eigenvalue weighted by atomic mass is 10.0. The highest BCUT2D eigenvalue weighted by Crippen LogP contribution is 2.23. The fourth-order valence-corrected chi connectivity index (χ4v) is 3.11. The summed E-state index contributed by atoms with van der Waals surface area (Å²) in [6.45, 7) is 7.05. The molecule has 1 atom stereocenters. The molecule has 0 saturated carbocycles. The molecule has 7 heteroatoms. The van der Waals surface area contributed by atoms with Gasteiger partial charge in [-0.1, -0.05) is 13.8 Å². The summed E-state index contributed by atoms with van der Waals surface area (Å²) in [4.78, 5) is 11.2. The third-order valence-corrected chi connectivity index (χ3v) is 4.16. The van der Waals surface area contributed by atoms with Crippen LogP contribution in [0, 0.1) is 17.2 Å². The molecule has 1 aliphatic rings. The molecule has 0 aliphatic carbocycles. The van der Waals surface area contributed by atoms with Crippen LogP contribution in [0.5, 0.6) is 0 Å². The molecule has 2 aromatic rings. The van der Waals surface area contributed by atoms with E-state index < -0.39 is 0 Å². The Morgan fingerprint density at radius 3 is 2.92 bits per heavy atom. The van der Waals surface area contributed by atoms with Crippen molar-refractivity contribution in [2.75, 3.05) is 24.5 Å². The van der Waals surface area contributed by atoms with Gasteiger partial charge in [-0.2, -0.15) is 10.4 Å². The predicted molar refractivity (Wildman–Crippen MR) is 92.4 cm³/mol. The Kier molecular flexibility index (Phi) is 4.76. The zero-order valence-electron chi connectivity index (χ0n) is 14.4.